The minimum absolute atomic E-state index is 0.134. The molecule has 0 saturated heterocycles. The molecule has 114 valence electrons. The summed E-state index contributed by atoms with van der Waals surface area (Å²) in [5, 5.41) is 8.91. The summed E-state index contributed by atoms with van der Waals surface area (Å²) in [7, 11) is 0. The Bertz CT molecular complexity index is 919. The van der Waals surface area contributed by atoms with Crippen molar-refractivity contribution in [2.75, 3.05) is 0 Å². The number of aromatic nitrogens is 2. The molecule has 2 aliphatic rings. The topological polar surface area (TPSA) is 42.9 Å². The number of fused-ring (bicyclic) bond motifs is 3. The van der Waals surface area contributed by atoms with Crippen LogP contribution in [0, 0.1) is 0 Å². The van der Waals surface area contributed by atoms with Gasteiger partial charge in [0.05, 0.1) is 11.4 Å². The third-order valence-electron chi connectivity index (χ3n) is 4.89. The van der Waals surface area contributed by atoms with E-state index < -0.39 is 0 Å². The Kier molecular flexibility index (Phi) is 3.05. The first-order valence-electron chi connectivity index (χ1n) is 7.92. The molecule has 3 heteroatoms. The van der Waals surface area contributed by atoms with Crippen LogP contribution in [0.2, 0.25) is 0 Å². The molecule has 0 radical (unpaired) electrons. The van der Waals surface area contributed by atoms with Gasteiger partial charge in [0.15, 0.2) is 5.78 Å². The molecule has 4 rings (SSSR count). The minimum atomic E-state index is 0.134. The van der Waals surface area contributed by atoms with Crippen molar-refractivity contribution >= 4 is 11.4 Å². The van der Waals surface area contributed by atoms with E-state index in [0.29, 0.717) is 0 Å². The zero-order chi connectivity index (χ0) is 16.1. The van der Waals surface area contributed by atoms with Gasteiger partial charge in [-0.25, -0.2) is 0 Å². The maximum atomic E-state index is 11.9. The zero-order valence-electron chi connectivity index (χ0n) is 13.6. The summed E-state index contributed by atoms with van der Waals surface area (Å²) in [6.45, 7) is 5.69. The Hall–Kier alpha value is -2.55. The average molecular weight is 302 g/mol. The van der Waals surface area contributed by atoms with Gasteiger partial charge in [-0.2, -0.15) is 10.2 Å². The van der Waals surface area contributed by atoms with Gasteiger partial charge < -0.3 is 0 Å². The van der Waals surface area contributed by atoms with Crippen LogP contribution in [0.4, 0.5) is 0 Å². The summed E-state index contributed by atoms with van der Waals surface area (Å²) in [4.78, 5) is 11.9. The molecule has 0 unspecified atom stereocenters. The van der Waals surface area contributed by atoms with Crippen molar-refractivity contribution in [1.82, 2.24) is 10.2 Å². The second-order valence-corrected chi connectivity index (χ2v) is 6.42. The Labute approximate surface area is 135 Å². The van der Waals surface area contributed by atoms with E-state index >= 15 is 0 Å². The van der Waals surface area contributed by atoms with E-state index in [4.69, 9.17) is 0 Å². The van der Waals surface area contributed by atoms with Crippen LogP contribution in [0.5, 0.6) is 0 Å². The first-order chi connectivity index (χ1) is 11.1. The highest BCUT2D eigenvalue weighted by Crippen LogP contribution is 2.40. The van der Waals surface area contributed by atoms with Crippen molar-refractivity contribution in [2.24, 2.45) is 0 Å². The van der Waals surface area contributed by atoms with Crippen molar-refractivity contribution in [3.05, 3.63) is 64.0 Å². The Morgan fingerprint density at radius 1 is 1.04 bits per heavy atom. The number of benzene rings is 1. The maximum Gasteiger partial charge on any atom is 0.160 e. The largest absolute Gasteiger partial charge is 0.295 e. The van der Waals surface area contributed by atoms with Crippen LogP contribution in [-0.4, -0.2) is 16.0 Å². The summed E-state index contributed by atoms with van der Waals surface area (Å²) in [5.74, 6) is 0.134. The van der Waals surface area contributed by atoms with Gasteiger partial charge in [-0.15, -0.1) is 0 Å². The van der Waals surface area contributed by atoms with E-state index in [1.165, 1.54) is 16.7 Å². The summed E-state index contributed by atoms with van der Waals surface area (Å²) in [5.41, 5.74) is 9.87. The van der Waals surface area contributed by atoms with Gasteiger partial charge in [0.25, 0.3) is 0 Å². The lowest BCUT2D eigenvalue weighted by Crippen LogP contribution is -1.99. The van der Waals surface area contributed by atoms with Gasteiger partial charge in [0.2, 0.25) is 0 Å². The number of ketones is 1. The molecule has 0 amide bonds. The third kappa shape index (κ3) is 2.07. The van der Waals surface area contributed by atoms with E-state index in [1.807, 2.05) is 13.8 Å². The number of hydrogen-bond donors (Lipinski definition) is 0. The molecule has 2 aliphatic carbocycles. The highest BCUT2D eigenvalue weighted by molar-refractivity contribution is 6.03. The molecular formula is C20H18N2O. The number of nitrogens with zero attached hydrogens (tertiary/aromatic N) is 2. The van der Waals surface area contributed by atoms with Crippen molar-refractivity contribution in [3.63, 3.8) is 0 Å². The number of hydrogen-bond acceptors (Lipinski definition) is 3. The highest BCUT2D eigenvalue weighted by atomic mass is 16.1. The molecular weight excluding hydrogens is 284 g/mol. The van der Waals surface area contributed by atoms with Gasteiger partial charge in [-0.05, 0) is 55.5 Å². The normalized spacial score (nSPS) is 16.0. The van der Waals surface area contributed by atoms with Crippen LogP contribution in [0.3, 0.4) is 0 Å². The maximum absolute atomic E-state index is 11.9. The predicted octanol–water partition coefficient (Wildman–Crippen LogP) is 4.13. The fourth-order valence-corrected chi connectivity index (χ4v) is 3.85. The monoisotopic (exact) mass is 302 g/mol. The quantitative estimate of drug-likeness (QED) is 0.715. The van der Waals surface area contributed by atoms with E-state index in [-0.39, 0.29) is 5.78 Å². The summed E-state index contributed by atoms with van der Waals surface area (Å²) < 4.78 is 0. The molecule has 0 bridgehead atoms. The van der Waals surface area contributed by atoms with Crippen molar-refractivity contribution in [3.8, 4) is 11.1 Å². The molecule has 0 spiro atoms. The molecule has 1 aromatic carbocycles. The van der Waals surface area contributed by atoms with E-state index in [2.05, 4.69) is 40.5 Å². The summed E-state index contributed by atoms with van der Waals surface area (Å²) >= 11 is 0. The van der Waals surface area contributed by atoms with Gasteiger partial charge in [-0.1, -0.05) is 29.8 Å². The Balaban J connectivity index is 1.82. The molecule has 23 heavy (non-hydrogen) atoms. The fourth-order valence-electron chi connectivity index (χ4n) is 3.85. The number of allylic oxidation sites excluding steroid dienone is 4. The van der Waals surface area contributed by atoms with E-state index in [1.54, 1.807) is 6.92 Å². The van der Waals surface area contributed by atoms with Gasteiger partial charge in [-0.3, -0.25) is 4.79 Å². The van der Waals surface area contributed by atoms with E-state index in [9.17, 15) is 4.79 Å². The standard InChI is InChI=1S/C20H18N2O/c1-11-8-16(12(2)20(11)13(3)23)19-10-17-15-7-5-4-6-14(15)9-18(17)21-22-19/h4-7,10H,8-9H2,1-3H3. The first-order valence-corrected chi connectivity index (χ1v) is 7.92. The minimum Gasteiger partial charge on any atom is -0.295 e. The van der Waals surface area contributed by atoms with Crippen LogP contribution in [0.25, 0.3) is 16.7 Å². The van der Waals surface area contributed by atoms with Gasteiger partial charge in [0.1, 0.15) is 0 Å². The molecule has 1 aromatic heterocycles. The van der Waals surface area contributed by atoms with Crippen LogP contribution >= 0.6 is 0 Å². The average Bonchev–Trinajstić information content (AvgIpc) is 3.04. The fraction of sp³-hybridized carbons (Fsp3) is 0.250. The molecule has 0 aliphatic heterocycles. The second-order valence-electron chi connectivity index (χ2n) is 6.42. The van der Waals surface area contributed by atoms with Crippen molar-refractivity contribution < 1.29 is 4.79 Å². The molecule has 2 aromatic rings. The molecule has 0 atom stereocenters. The lowest BCUT2D eigenvalue weighted by Gasteiger charge is -2.07. The van der Waals surface area contributed by atoms with Crippen LogP contribution in [-0.2, 0) is 11.2 Å². The zero-order valence-corrected chi connectivity index (χ0v) is 13.6. The van der Waals surface area contributed by atoms with Crippen LogP contribution in [0.1, 0.15) is 44.1 Å². The summed E-state index contributed by atoms with van der Waals surface area (Å²) in [6.07, 6.45) is 1.64. The SMILES string of the molecule is CC(=O)C1=C(C)CC(c2cc3c(nn2)Cc2ccccc2-3)=C1C. The number of rotatable bonds is 2. The molecule has 0 saturated carbocycles. The van der Waals surface area contributed by atoms with Gasteiger partial charge >= 0.3 is 0 Å². The van der Waals surface area contributed by atoms with Crippen molar-refractivity contribution in [2.45, 2.75) is 33.6 Å². The lowest BCUT2D eigenvalue weighted by molar-refractivity contribution is -0.113. The molecule has 0 N–H and O–H groups in total. The van der Waals surface area contributed by atoms with Crippen molar-refractivity contribution in [1.29, 1.82) is 0 Å². The lowest BCUT2D eigenvalue weighted by atomic mass is 10.0. The Morgan fingerprint density at radius 3 is 2.57 bits per heavy atom. The smallest absolute Gasteiger partial charge is 0.160 e. The van der Waals surface area contributed by atoms with Crippen LogP contribution in [0.15, 0.2) is 47.1 Å². The first kappa shape index (κ1) is 14.1. The molecule has 3 nitrogen and oxygen atoms in total. The predicted molar refractivity (Wildman–Crippen MR) is 90.9 cm³/mol. The number of Topliss-reactive ketones (excluding diaryl/α,β-unsaturated/α-hetero) is 1. The van der Waals surface area contributed by atoms with Crippen LogP contribution < -0.4 is 0 Å². The number of carbonyl (C=O) groups is 1. The van der Waals surface area contributed by atoms with E-state index in [0.717, 1.165) is 46.5 Å². The van der Waals surface area contributed by atoms with Gasteiger partial charge in [0, 0.05) is 17.6 Å². The number of carbonyl (C=O) groups excluding carboxylic acids is 1. The summed E-state index contributed by atoms with van der Waals surface area (Å²) in [6, 6.07) is 10.6. The third-order valence-corrected chi connectivity index (χ3v) is 4.89. The Morgan fingerprint density at radius 2 is 1.83 bits per heavy atom. The highest BCUT2D eigenvalue weighted by Gasteiger charge is 2.26. The molecule has 0 fully saturated rings. The second kappa shape index (κ2) is 4.98. The molecule has 1 heterocycles.